The van der Waals surface area contributed by atoms with Crippen molar-refractivity contribution in [1.82, 2.24) is 0 Å². The van der Waals surface area contributed by atoms with Gasteiger partial charge in [0, 0.05) is 11.8 Å². The third-order valence-corrected chi connectivity index (χ3v) is 3.71. The summed E-state index contributed by atoms with van der Waals surface area (Å²) in [5, 5.41) is 0. The van der Waals surface area contributed by atoms with Crippen LogP contribution in [-0.2, 0) is 9.31 Å². The lowest BCUT2D eigenvalue weighted by molar-refractivity contribution is -0.274. The molecule has 0 bridgehead atoms. The van der Waals surface area contributed by atoms with Crippen LogP contribution in [-0.4, -0.2) is 24.7 Å². The SMILES string of the molecule is CC1(C)OB(c2cc(N)cc(OC(F)(F)F)c2)OC1(C)C. The maximum atomic E-state index is 12.3. The van der Waals surface area contributed by atoms with Gasteiger partial charge in [0.25, 0.3) is 0 Å². The van der Waals surface area contributed by atoms with Crippen LogP contribution in [0.15, 0.2) is 18.2 Å². The summed E-state index contributed by atoms with van der Waals surface area (Å²) in [7, 11) is -0.797. The van der Waals surface area contributed by atoms with Crippen molar-refractivity contribution in [1.29, 1.82) is 0 Å². The molecule has 1 saturated heterocycles. The molecule has 0 atom stereocenters. The molecule has 2 N–H and O–H groups in total. The van der Waals surface area contributed by atoms with E-state index in [9.17, 15) is 13.2 Å². The number of nitrogens with two attached hydrogens (primary N) is 1. The van der Waals surface area contributed by atoms with E-state index in [4.69, 9.17) is 15.0 Å². The van der Waals surface area contributed by atoms with Crippen molar-refractivity contribution in [2.45, 2.75) is 45.3 Å². The lowest BCUT2D eigenvalue weighted by atomic mass is 9.79. The summed E-state index contributed by atoms with van der Waals surface area (Å²) in [6.45, 7) is 7.41. The Balaban J connectivity index is 2.30. The van der Waals surface area contributed by atoms with Gasteiger partial charge in [-0.3, -0.25) is 0 Å². The normalized spacial score (nSPS) is 20.6. The van der Waals surface area contributed by atoms with E-state index < -0.39 is 30.4 Å². The van der Waals surface area contributed by atoms with Crippen LogP contribution in [0.5, 0.6) is 5.75 Å². The molecule has 4 nitrogen and oxygen atoms in total. The number of benzene rings is 1. The zero-order chi connectivity index (χ0) is 16.1. The van der Waals surface area contributed by atoms with Crippen molar-refractivity contribution >= 4 is 18.3 Å². The van der Waals surface area contributed by atoms with Crippen LogP contribution in [0.25, 0.3) is 0 Å². The summed E-state index contributed by atoms with van der Waals surface area (Å²) in [5.74, 6) is -0.396. The quantitative estimate of drug-likeness (QED) is 0.673. The molecule has 21 heavy (non-hydrogen) atoms. The van der Waals surface area contributed by atoms with Gasteiger partial charge in [0.15, 0.2) is 0 Å². The molecule has 0 aromatic heterocycles. The van der Waals surface area contributed by atoms with Crippen molar-refractivity contribution in [3.05, 3.63) is 18.2 Å². The van der Waals surface area contributed by atoms with E-state index in [1.54, 1.807) is 0 Å². The average Bonchev–Trinajstić information content (AvgIpc) is 2.44. The second kappa shape index (κ2) is 4.81. The maximum absolute atomic E-state index is 12.3. The van der Waals surface area contributed by atoms with E-state index in [1.165, 1.54) is 12.1 Å². The summed E-state index contributed by atoms with van der Waals surface area (Å²) in [6, 6.07) is 3.82. The Hall–Kier alpha value is -1.41. The number of anilines is 1. The van der Waals surface area contributed by atoms with E-state index >= 15 is 0 Å². The third-order valence-electron chi connectivity index (χ3n) is 3.71. The van der Waals surface area contributed by atoms with Crippen LogP contribution in [0.1, 0.15) is 27.7 Å². The van der Waals surface area contributed by atoms with Gasteiger partial charge in [-0.25, -0.2) is 0 Å². The molecule has 1 aliphatic heterocycles. The van der Waals surface area contributed by atoms with E-state index in [2.05, 4.69) is 4.74 Å². The highest BCUT2D eigenvalue weighted by molar-refractivity contribution is 6.62. The number of halogens is 3. The summed E-state index contributed by atoms with van der Waals surface area (Å²) >= 11 is 0. The molecule has 8 heteroatoms. The fourth-order valence-electron chi connectivity index (χ4n) is 1.95. The molecule has 0 radical (unpaired) electrons. The lowest BCUT2D eigenvalue weighted by Crippen LogP contribution is -2.41. The van der Waals surface area contributed by atoms with Crippen LogP contribution in [0, 0.1) is 0 Å². The van der Waals surface area contributed by atoms with Gasteiger partial charge in [0.1, 0.15) is 5.75 Å². The molecule has 1 aliphatic rings. The first-order valence-corrected chi connectivity index (χ1v) is 6.41. The number of nitrogen functional groups attached to an aromatic ring is 1. The van der Waals surface area contributed by atoms with Crippen molar-refractivity contribution in [3.63, 3.8) is 0 Å². The van der Waals surface area contributed by atoms with Crippen LogP contribution in [0.3, 0.4) is 0 Å². The van der Waals surface area contributed by atoms with Crippen LogP contribution in [0.4, 0.5) is 18.9 Å². The summed E-state index contributed by atoms with van der Waals surface area (Å²) in [5.41, 5.74) is 4.97. The fourth-order valence-corrected chi connectivity index (χ4v) is 1.95. The molecule has 0 unspecified atom stereocenters. The largest absolute Gasteiger partial charge is 0.573 e. The minimum Gasteiger partial charge on any atom is -0.406 e. The molecule has 0 amide bonds. The van der Waals surface area contributed by atoms with Gasteiger partial charge in [-0.05, 0) is 45.3 Å². The molecule has 1 fully saturated rings. The van der Waals surface area contributed by atoms with Crippen molar-refractivity contribution in [2.24, 2.45) is 0 Å². The summed E-state index contributed by atoms with van der Waals surface area (Å²) in [4.78, 5) is 0. The molecule has 0 saturated carbocycles. The standard InChI is InChI=1S/C13H17BF3NO3/c1-11(2)12(3,4)21-14(20-11)8-5-9(18)7-10(6-8)19-13(15,16)17/h5-7H,18H2,1-4H3. The number of rotatable bonds is 2. The number of alkyl halides is 3. The minimum absolute atomic E-state index is 0.140. The maximum Gasteiger partial charge on any atom is 0.573 e. The van der Waals surface area contributed by atoms with Crippen molar-refractivity contribution < 1.29 is 27.2 Å². The van der Waals surface area contributed by atoms with Gasteiger partial charge >= 0.3 is 13.5 Å². The third kappa shape index (κ3) is 3.44. The van der Waals surface area contributed by atoms with E-state index in [0.717, 1.165) is 6.07 Å². The van der Waals surface area contributed by atoms with Gasteiger partial charge in [0.05, 0.1) is 11.2 Å². The second-order valence-corrected chi connectivity index (χ2v) is 5.97. The Labute approximate surface area is 121 Å². The first kappa shape index (κ1) is 16.0. The highest BCUT2D eigenvalue weighted by Crippen LogP contribution is 2.37. The van der Waals surface area contributed by atoms with Crippen LogP contribution < -0.4 is 15.9 Å². The molecular weight excluding hydrogens is 286 g/mol. The average molecular weight is 303 g/mol. The lowest BCUT2D eigenvalue weighted by Gasteiger charge is -2.32. The monoisotopic (exact) mass is 303 g/mol. The van der Waals surface area contributed by atoms with Crippen LogP contribution >= 0.6 is 0 Å². The summed E-state index contributed by atoms with van der Waals surface area (Å²) < 4.78 is 52.4. The van der Waals surface area contributed by atoms with E-state index in [0.29, 0.717) is 5.46 Å². The van der Waals surface area contributed by atoms with Gasteiger partial charge in [-0.1, -0.05) is 0 Å². The topological polar surface area (TPSA) is 53.7 Å². The minimum atomic E-state index is -4.78. The van der Waals surface area contributed by atoms with Crippen LogP contribution in [0.2, 0.25) is 0 Å². The molecule has 0 aliphatic carbocycles. The molecule has 116 valence electrons. The molecular formula is C13H17BF3NO3. The highest BCUT2D eigenvalue weighted by Gasteiger charge is 2.51. The molecule has 1 heterocycles. The predicted octanol–water partition coefficient (Wildman–Crippen LogP) is 2.47. The van der Waals surface area contributed by atoms with Gasteiger partial charge < -0.3 is 19.8 Å². The second-order valence-electron chi connectivity index (χ2n) is 5.97. The Morgan fingerprint density at radius 1 is 1.05 bits per heavy atom. The van der Waals surface area contributed by atoms with E-state index in [-0.39, 0.29) is 5.69 Å². The zero-order valence-corrected chi connectivity index (χ0v) is 12.2. The molecule has 1 aromatic carbocycles. The van der Waals surface area contributed by atoms with E-state index in [1.807, 2.05) is 27.7 Å². The molecule has 2 rings (SSSR count). The Bertz CT molecular complexity index is 530. The Morgan fingerprint density at radius 3 is 2.05 bits per heavy atom. The zero-order valence-electron chi connectivity index (χ0n) is 12.2. The first-order chi connectivity index (χ1) is 9.40. The van der Waals surface area contributed by atoms with Gasteiger partial charge in [-0.2, -0.15) is 0 Å². The first-order valence-electron chi connectivity index (χ1n) is 6.41. The van der Waals surface area contributed by atoms with Crippen molar-refractivity contribution in [2.75, 3.05) is 5.73 Å². The highest BCUT2D eigenvalue weighted by atomic mass is 19.4. The molecule has 1 aromatic rings. The fraction of sp³-hybridized carbons (Fsp3) is 0.538. The van der Waals surface area contributed by atoms with Gasteiger partial charge in [-0.15, -0.1) is 13.2 Å². The number of hydrogen-bond donors (Lipinski definition) is 1. The number of hydrogen-bond acceptors (Lipinski definition) is 4. The Kier molecular flexibility index (Phi) is 3.66. The van der Waals surface area contributed by atoms with Crippen molar-refractivity contribution in [3.8, 4) is 5.75 Å². The number of ether oxygens (including phenoxy) is 1. The Morgan fingerprint density at radius 2 is 1.57 bits per heavy atom. The summed E-state index contributed by atoms with van der Waals surface area (Å²) in [6.07, 6.45) is -4.78. The molecule has 0 spiro atoms. The smallest absolute Gasteiger partial charge is 0.406 e. The van der Waals surface area contributed by atoms with Gasteiger partial charge in [0.2, 0.25) is 0 Å². The predicted molar refractivity (Wildman–Crippen MR) is 73.3 cm³/mol.